The van der Waals surface area contributed by atoms with Gasteiger partial charge in [-0.2, -0.15) is 0 Å². The number of phenolic OH excluding ortho intramolecular Hbond substituents is 1. The van der Waals surface area contributed by atoms with Crippen molar-refractivity contribution < 1.29 is 16.7 Å². The molecule has 2 N–H and O–H groups in total. The second-order valence-electron chi connectivity index (χ2n) is 6.27. The molecule has 0 aliphatic rings. The van der Waals surface area contributed by atoms with Crippen molar-refractivity contribution in [3.63, 3.8) is 0 Å². The van der Waals surface area contributed by atoms with E-state index in [2.05, 4.69) is 5.32 Å². The van der Waals surface area contributed by atoms with Crippen molar-refractivity contribution in [3.8, 4) is 11.5 Å². The fourth-order valence-electron chi connectivity index (χ4n) is 2.99. The topological polar surface area (TPSA) is 41.5 Å². The first kappa shape index (κ1) is 14.0. The highest BCUT2D eigenvalue weighted by molar-refractivity contribution is 5.98. The van der Waals surface area contributed by atoms with E-state index >= 15 is 0 Å². The van der Waals surface area contributed by atoms with Crippen molar-refractivity contribution in [1.82, 2.24) is 5.32 Å². The SMILES string of the molecule is [2H]C([2H])([2H])C([2H])([2H])C(=C(c1ccc(OCCNC)cc1)c1cccc(O)c1)c1ccccc1. The van der Waals surface area contributed by atoms with Crippen LogP contribution in [-0.4, -0.2) is 25.3 Å². The Kier molecular flexibility index (Phi) is 4.89. The second-order valence-corrected chi connectivity index (χ2v) is 6.27. The molecule has 0 aliphatic heterocycles. The summed E-state index contributed by atoms with van der Waals surface area (Å²) >= 11 is 0. The van der Waals surface area contributed by atoms with Gasteiger partial charge in [-0.05, 0) is 65.5 Å². The van der Waals surface area contributed by atoms with Crippen LogP contribution in [0, 0.1) is 0 Å². The number of nitrogens with one attached hydrogen (secondary N) is 1. The Morgan fingerprint density at radius 2 is 1.71 bits per heavy atom. The molecule has 144 valence electrons. The molecule has 3 heteroatoms. The van der Waals surface area contributed by atoms with Gasteiger partial charge in [0.25, 0.3) is 0 Å². The fourth-order valence-corrected chi connectivity index (χ4v) is 2.99. The first-order valence-electron chi connectivity index (χ1n) is 11.6. The molecule has 0 fully saturated rings. The zero-order valence-electron chi connectivity index (χ0n) is 20.8. The van der Waals surface area contributed by atoms with Gasteiger partial charge >= 0.3 is 0 Å². The van der Waals surface area contributed by atoms with Crippen molar-refractivity contribution in [1.29, 1.82) is 0 Å². The molecular weight excluding hydrogens is 346 g/mol. The Hall–Kier alpha value is -3.04. The lowest BCUT2D eigenvalue weighted by atomic mass is 9.88. The van der Waals surface area contributed by atoms with Crippen LogP contribution in [-0.2, 0) is 0 Å². The third kappa shape index (κ3) is 4.81. The normalized spacial score (nSPS) is 15.4. The quantitative estimate of drug-likeness (QED) is 0.409. The summed E-state index contributed by atoms with van der Waals surface area (Å²) in [5.74, 6) is 0.642. The maximum atomic E-state index is 10.1. The van der Waals surface area contributed by atoms with E-state index in [0.29, 0.717) is 41.2 Å². The third-order valence-corrected chi connectivity index (χ3v) is 4.34. The van der Waals surface area contributed by atoms with Gasteiger partial charge in [-0.15, -0.1) is 0 Å². The first-order chi connectivity index (χ1) is 15.6. The van der Waals surface area contributed by atoms with Gasteiger partial charge in [0.15, 0.2) is 0 Å². The van der Waals surface area contributed by atoms with Gasteiger partial charge in [0.2, 0.25) is 0 Å². The molecule has 0 unspecified atom stereocenters. The Balaban J connectivity index is 2.30. The third-order valence-electron chi connectivity index (χ3n) is 4.34. The summed E-state index contributed by atoms with van der Waals surface area (Å²) in [6.45, 7) is -1.74. The van der Waals surface area contributed by atoms with Gasteiger partial charge in [0.05, 0.1) is 0 Å². The molecule has 0 aromatic heterocycles. The molecule has 3 aromatic carbocycles. The molecule has 0 heterocycles. The lowest BCUT2D eigenvalue weighted by molar-refractivity contribution is 0.318. The molecule has 28 heavy (non-hydrogen) atoms. The Morgan fingerprint density at radius 3 is 2.39 bits per heavy atom. The molecule has 0 radical (unpaired) electrons. The first-order valence-corrected chi connectivity index (χ1v) is 9.12. The number of rotatable bonds is 8. The van der Waals surface area contributed by atoms with Gasteiger partial charge in [-0.25, -0.2) is 0 Å². The number of ether oxygens (including phenoxy) is 1. The molecule has 0 saturated carbocycles. The maximum Gasteiger partial charge on any atom is 0.119 e. The van der Waals surface area contributed by atoms with Crippen molar-refractivity contribution in [2.75, 3.05) is 20.2 Å². The van der Waals surface area contributed by atoms with E-state index in [1.54, 1.807) is 66.7 Å². The zero-order chi connectivity index (χ0) is 24.1. The molecule has 0 amide bonds. The van der Waals surface area contributed by atoms with E-state index in [1.807, 2.05) is 7.05 Å². The molecule has 0 saturated heterocycles. The summed E-state index contributed by atoms with van der Waals surface area (Å²) in [6.07, 6.45) is -2.67. The largest absolute Gasteiger partial charge is 0.508 e. The van der Waals surface area contributed by atoms with Gasteiger partial charge < -0.3 is 15.2 Å². The van der Waals surface area contributed by atoms with Crippen LogP contribution in [0.5, 0.6) is 11.5 Å². The van der Waals surface area contributed by atoms with E-state index in [4.69, 9.17) is 11.6 Å². The highest BCUT2D eigenvalue weighted by Crippen LogP contribution is 2.35. The van der Waals surface area contributed by atoms with Crippen molar-refractivity contribution >= 4 is 11.1 Å². The van der Waals surface area contributed by atoms with E-state index in [1.165, 1.54) is 12.1 Å². The number of phenols is 1. The van der Waals surface area contributed by atoms with Crippen LogP contribution in [0.4, 0.5) is 0 Å². The van der Waals surface area contributed by atoms with Crippen molar-refractivity contribution in [2.24, 2.45) is 0 Å². The number of hydrogen-bond donors (Lipinski definition) is 2. The van der Waals surface area contributed by atoms with Crippen LogP contribution in [0.25, 0.3) is 11.1 Å². The summed E-state index contributed by atoms with van der Waals surface area (Å²) in [5.41, 5.74) is 1.98. The minimum Gasteiger partial charge on any atom is -0.508 e. The number of hydrogen-bond acceptors (Lipinski definition) is 3. The predicted octanol–water partition coefficient (Wildman–Crippen LogP) is 5.36. The monoisotopic (exact) mass is 378 g/mol. The molecular formula is C25H27NO2. The summed E-state index contributed by atoms with van der Waals surface area (Å²) in [6, 6.07) is 22.1. The van der Waals surface area contributed by atoms with Gasteiger partial charge in [-0.1, -0.05) is 61.4 Å². The van der Waals surface area contributed by atoms with Crippen LogP contribution < -0.4 is 10.1 Å². The van der Waals surface area contributed by atoms with Crippen molar-refractivity contribution in [2.45, 2.75) is 13.2 Å². The van der Waals surface area contributed by atoms with Crippen LogP contribution in [0.1, 0.15) is 36.8 Å². The van der Waals surface area contributed by atoms with Gasteiger partial charge in [0.1, 0.15) is 18.1 Å². The van der Waals surface area contributed by atoms with Gasteiger partial charge in [-0.3, -0.25) is 0 Å². The molecule has 0 bridgehead atoms. The molecule has 3 aromatic rings. The summed E-state index contributed by atoms with van der Waals surface area (Å²) in [5, 5.41) is 13.1. The molecule has 3 nitrogen and oxygen atoms in total. The van der Waals surface area contributed by atoms with E-state index in [-0.39, 0.29) is 11.3 Å². The maximum absolute atomic E-state index is 10.1. The molecule has 0 spiro atoms. The molecule has 0 atom stereocenters. The minimum absolute atomic E-state index is 0.00104. The minimum atomic E-state index is -2.92. The van der Waals surface area contributed by atoms with Crippen LogP contribution >= 0.6 is 0 Å². The summed E-state index contributed by atoms with van der Waals surface area (Å²) in [4.78, 5) is 0. The second kappa shape index (κ2) is 9.77. The zero-order valence-corrected chi connectivity index (χ0v) is 15.8. The van der Waals surface area contributed by atoms with E-state index < -0.39 is 13.2 Å². The Morgan fingerprint density at radius 1 is 0.964 bits per heavy atom. The lowest BCUT2D eigenvalue weighted by Gasteiger charge is -2.17. The highest BCUT2D eigenvalue weighted by Gasteiger charge is 2.13. The highest BCUT2D eigenvalue weighted by atomic mass is 16.5. The smallest absolute Gasteiger partial charge is 0.119 e. The predicted molar refractivity (Wildman–Crippen MR) is 117 cm³/mol. The number of benzene rings is 3. The number of allylic oxidation sites excluding steroid dienone is 1. The summed E-state index contributed by atoms with van der Waals surface area (Å²) in [7, 11) is 1.84. The van der Waals surface area contributed by atoms with Crippen LogP contribution in [0.3, 0.4) is 0 Å². The average Bonchev–Trinajstić information content (AvgIpc) is 2.78. The number of likely N-dealkylation sites (N-methyl/N-ethyl adjacent to an activating group) is 1. The van der Waals surface area contributed by atoms with Gasteiger partial charge in [0, 0.05) is 13.4 Å². The van der Waals surface area contributed by atoms with E-state index in [9.17, 15) is 5.11 Å². The Bertz CT molecular complexity index is 1090. The van der Waals surface area contributed by atoms with Crippen LogP contribution in [0.2, 0.25) is 0 Å². The molecule has 0 aliphatic carbocycles. The standard InChI is InChI=1S/C25H27NO2/c1-3-24(19-8-5-4-6-9-19)25(21-10-7-11-22(27)18-21)20-12-14-23(15-13-20)28-17-16-26-2/h4-15,18,26-27H,3,16-17H2,1-2H3/i1D3,3D2. The molecule has 3 rings (SSSR count). The summed E-state index contributed by atoms with van der Waals surface area (Å²) < 4.78 is 46.9. The Labute approximate surface area is 174 Å². The van der Waals surface area contributed by atoms with Crippen LogP contribution in [0.15, 0.2) is 78.9 Å². The van der Waals surface area contributed by atoms with Crippen molar-refractivity contribution in [3.05, 3.63) is 95.6 Å². The average molecular weight is 379 g/mol. The lowest BCUT2D eigenvalue weighted by Crippen LogP contribution is -2.15. The number of aromatic hydroxyl groups is 1. The fraction of sp³-hybridized carbons (Fsp3) is 0.200. The van der Waals surface area contributed by atoms with E-state index in [0.717, 1.165) is 0 Å².